The minimum absolute atomic E-state index is 0.123. The molecule has 0 aromatic heterocycles. The van der Waals surface area contributed by atoms with E-state index in [0.717, 1.165) is 33.4 Å². The smallest absolute Gasteiger partial charge is 0.251 e. The van der Waals surface area contributed by atoms with E-state index < -0.39 is 0 Å². The zero-order valence-corrected chi connectivity index (χ0v) is 20.9. The van der Waals surface area contributed by atoms with Crippen molar-refractivity contribution in [2.75, 3.05) is 0 Å². The summed E-state index contributed by atoms with van der Waals surface area (Å²) in [5.74, 6) is -0.246. The normalized spacial score (nSPS) is 10.5. The summed E-state index contributed by atoms with van der Waals surface area (Å²) in [7, 11) is 0. The number of amides is 2. The van der Waals surface area contributed by atoms with Crippen molar-refractivity contribution in [3.63, 3.8) is 0 Å². The van der Waals surface area contributed by atoms with Crippen LogP contribution in [0.2, 0.25) is 0 Å². The van der Waals surface area contributed by atoms with Gasteiger partial charge in [0.25, 0.3) is 11.8 Å². The highest BCUT2D eigenvalue weighted by atomic mass is 16.2. The third-order valence-electron chi connectivity index (χ3n) is 6.41. The van der Waals surface area contributed by atoms with Crippen LogP contribution >= 0.6 is 0 Å². The quantitative estimate of drug-likeness (QED) is 0.246. The van der Waals surface area contributed by atoms with Gasteiger partial charge in [0, 0.05) is 24.2 Å². The van der Waals surface area contributed by atoms with Gasteiger partial charge < -0.3 is 10.6 Å². The Labute approximate surface area is 223 Å². The average Bonchev–Trinajstić information content (AvgIpc) is 3.00. The van der Waals surface area contributed by atoms with Gasteiger partial charge in [0.15, 0.2) is 0 Å². The van der Waals surface area contributed by atoms with Crippen LogP contribution in [-0.2, 0) is 13.1 Å². The van der Waals surface area contributed by atoms with E-state index in [9.17, 15) is 9.59 Å². The van der Waals surface area contributed by atoms with Gasteiger partial charge in [0.05, 0.1) is 0 Å². The number of benzene rings is 5. The third kappa shape index (κ3) is 6.23. The lowest BCUT2D eigenvalue weighted by atomic mass is 10.0. The molecule has 2 N–H and O–H groups in total. The van der Waals surface area contributed by atoms with Crippen LogP contribution in [-0.4, -0.2) is 11.8 Å². The molecule has 38 heavy (non-hydrogen) atoms. The maximum Gasteiger partial charge on any atom is 0.251 e. The van der Waals surface area contributed by atoms with Crippen molar-refractivity contribution in [2.24, 2.45) is 0 Å². The van der Waals surface area contributed by atoms with Gasteiger partial charge in [-0.25, -0.2) is 0 Å². The molecule has 4 heteroatoms. The van der Waals surface area contributed by atoms with Crippen LogP contribution in [0.5, 0.6) is 0 Å². The number of nitrogens with one attached hydrogen (secondary N) is 2. The van der Waals surface area contributed by atoms with E-state index in [1.165, 1.54) is 0 Å². The molecular weight excluding hydrogens is 468 g/mol. The van der Waals surface area contributed by atoms with Gasteiger partial charge in [0.1, 0.15) is 0 Å². The fourth-order valence-electron chi connectivity index (χ4n) is 4.31. The zero-order valence-electron chi connectivity index (χ0n) is 20.9. The van der Waals surface area contributed by atoms with E-state index in [1.807, 2.05) is 133 Å². The lowest BCUT2D eigenvalue weighted by Crippen LogP contribution is -2.24. The molecule has 5 rings (SSSR count). The monoisotopic (exact) mass is 496 g/mol. The first-order valence-corrected chi connectivity index (χ1v) is 12.6. The van der Waals surface area contributed by atoms with Crippen molar-refractivity contribution >= 4 is 11.8 Å². The van der Waals surface area contributed by atoms with Crippen LogP contribution in [0, 0.1) is 0 Å². The minimum atomic E-state index is -0.123. The number of carbonyl (C=O) groups excluding carboxylic acids is 2. The Bertz CT molecular complexity index is 1400. The molecule has 0 unspecified atom stereocenters. The van der Waals surface area contributed by atoms with Gasteiger partial charge in [0.2, 0.25) is 0 Å². The molecule has 0 spiro atoms. The third-order valence-corrected chi connectivity index (χ3v) is 6.41. The second kappa shape index (κ2) is 11.8. The summed E-state index contributed by atoms with van der Waals surface area (Å²) in [4.78, 5) is 25.3. The number of hydrogen-bond acceptors (Lipinski definition) is 2. The molecule has 0 saturated heterocycles. The molecule has 2 amide bonds. The SMILES string of the molecule is O=C(NCc1cccc(CNC(=O)c2ccc(-c3ccccc3)cc2)c1)c1ccc(-c2ccccc2)cc1. The van der Waals surface area contributed by atoms with Gasteiger partial charge in [-0.2, -0.15) is 0 Å². The van der Waals surface area contributed by atoms with E-state index in [2.05, 4.69) is 10.6 Å². The molecule has 0 aliphatic heterocycles. The molecule has 0 heterocycles. The van der Waals surface area contributed by atoms with Crippen LogP contribution in [0.1, 0.15) is 31.8 Å². The van der Waals surface area contributed by atoms with Crippen LogP contribution < -0.4 is 10.6 Å². The molecule has 186 valence electrons. The largest absolute Gasteiger partial charge is 0.348 e. The highest BCUT2D eigenvalue weighted by molar-refractivity contribution is 5.95. The Morgan fingerprint density at radius 3 is 1.18 bits per heavy atom. The molecule has 5 aromatic rings. The second-order valence-electron chi connectivity index (χ2n) is 9.07. The summed E-state index contributed by atoms with van der Waals surface area (Å²) in [6.07, 6.45) is 0. The Hall–Kier alpha value is -4.96. The van der Waals surface area contributed by atoms with Gasteiger partial charge in [-0.05, 0) is 57.6 Å². The van der Waals surface area contributed by atoms with Crippen molar-refractivity contribution in [1.82, 2.24) is 10.6 Å². The van der Waals surface area contributed by atoms with E-state index in [-0.39, 0.29) is 11.8 Å². The van der Waals surface area contributed by atoms with Crippen LogP contribution in [0.25, 0.3) is 22.3 Å². The first-order chi connectivity index (χ1) is 18.7. The lowest BCUT2D eigenvalue weighted by Gasteiger charge is -2.10. The molecule has 0 atom stereocenters. The molecule has 0 aliphatic carbocycles. The van der Waals surface area contributed by atoms with Crippen molar-refractivity contribution < 1.29 is 9.59 Å². The van der Waals surface area contributed by atoms with Crippen molar-refractivity contribution in [3.05, 3.63) is 156 Å². The summed E-state index contributed by atoms with van der Waals surface area (Å²) in [5.41, 5.74) is 7.56. The van der Waals surface area contributed by atoms with Crippen LogP contribution in [0.15, 0.2) is 133 Å². The maximum atomic E-state index is 12.7. The van der Waals surface area contributed by atoms with E-state index in [0.29, 0.717) is 24.2 Å². The first-order valence-electron chi connectivity index (χ1n) is 12.6. The Morgan fingerprint density at radius 2 is 0.789 bits per heavy atom. The van der Waals surface area contributed by atoms with E-state index in [1.54, 1.807) is 0 Å². The fraction of sp³-hybridized carbons (Fsp3) is 0.0588. The van der Waals surface area contributed by atoms with Gasteiger partial charge in [-0.15, -0.1) is 0 Å². The molecular formula is C34H28N2O2. The van der Waals surface area contributed by atoms with Crippen molar-refractivity contribution in [1.29, 1.82) is 0 Å². The first kappa shape index (κ1) is 24.7. The van der Waals surface area contributed by atoms with Gasteiger partial charge in [-0.1, -0.05) is 109 Å². The van der Waals surface area contributed by atoms with Gasteiger partial charge >= 0.3 is 0 Å². The van der Waals surface area contributed by atoms with Crippen LogP contribution in [0.4, 0.5) is 0 Å². The zero-order chi connectivity index (χ0) is 26.2. The molecule has 0 aliphatic rings. The molecule has 4 nitrogen and oxygen atoms in total. The summed E-state index contributed by atoms with van der Waals surface area (Å²) in [6, 6.07) is 43.2. The van der Waals surface area contributed by atoms with Gasteiger partial charge in [-0.3, -0.25) is 9.59 Å². The molecule has 5 aromatic carbocycles. The Balaban J connectivity index is 1.13. The maximum absolute atomic E-state index is 12.7. The van der Waals surface area contributed by atoms with Crippen molar-refractivity contribution in [3.8, 4) is 22.3 Å². The molecule has 0 fully saturated rings. The molecule has 0 bridgehead atoms. The van der Waals surface area contributed by atoms with E-state index in [4.69, 9.17) is 0 Å². The Morgan fingerprint density at radius 1 is 0.421 bits per heavy atom. The predicted octanol–water partition coefficient (Wildman–Crippen LogP) is 6.88. The van der Waals surface area contributed by atoms with Crippen LogP contribution in [0.3, 0.4) is 0 Å². The summed E-state index contributed by atoms with van der Waals surface area (Å²) < 4.78 is 0. The topological polar surface area (TPSA) is 58.2 Å². The number of carbonyl (C=O) groups is 2. The minimum Gasteiger partial charge on any atom is -0.348 e. The lowest BCUT2D eigenvalue weighted by molar-refractivity contribution is 0.0943. The van der Waals surface area contributed by atoms with Crippen molar-refractivity contribution in [2.45, 2.75) is 13.1 Å². The summed E-state index contributed by atoms with van der Waals surface area (Å²) in [5, 5.41) is 5.97. The highest BCUT2D eigenvalue weighted by Crippen LogP contribution is 2.20. The summed E-state index contributed by atoms with van der Waals surface area (Å²) in [6.45, 7) is 0.810. The second-order valence-corrected chi connectivity index (χ2v) is 9.07. The standard InChI is InChI=1S/C34H28N2O2/c37-33(31-18-14-29(15-19-31)27-10-3-1-4-11-27)35-23-25-8-7-9-26(22-25)24-36-34(38)32-20-16-30(17-21-32)28-12-5-2-6-13-28/h1-22H,23-24H2,(H,35,37)(H,36,38). The molecule has 0 saturated carbocycles. The predicted molar refractivity (Wildman–Crippen MR) is 153 cm³/mol. The average molecular weight is 497 g/mol. The number of rotatable bonds is 8. The fourth-order valence-corrected chi connectivity index (χ4v) is 4.31. The Kier molecular flexibility index (Phi) is 7.71. The van der Waals surface area contributed by atoms with E-state index >= 15 is 0 Å². The molecule has 0 radical (unpaired) electrons. The summed E-state index contributed by atoms with van der Waals surface area (Å²) >= 11 is 0. The highest BCUT2D eigenvalue weighted by Gasteiger charge is 2.08. The number of hydrogen-bond donors (Lipinski definition) is 2.